The number of hydrogen-bond acceptors (Lipinski definition) is 4. The van der Waals surface area contributed by atoms with Crippen LogP contribution in [0.3, 0.4) is 0 Å². The lowest BCUT2D eigenvalue weighted by Crippen LogP contribution is -2.35. The Kier molecular flexibility index (Phi) is 4.91. The summed E-state index contributed by atoms with van der Waals surface area (Å²) in [4.78, 5) is 12.5. The summed E-state index contributed by atoms with van der Waals surface area (Å²) in [5.41, 5.74) is 0.667. The number of hydrogen-bond donors (Lipinski definition) is 1. The molecule has 1 saturated heterocycles. The second-order valence-electron chi connectivity index (χ2n) is 4.46. The predicted octanol–water partition coefficient (Wildman–Crippen LogP) is 1.47. The minimum Gasteiger partial charge on any atom is -0.383 e. The van der Waals surface area contributed by atoms with E-state index in [9.17, 15) is 4.79 Å². The fourth-order valence-corrected chi connectivity index (χ4v) is 2.72. The number of carbonyl (C=O) groups excluding carboxylic acids is 1. The maximum atomic E-state index is 12.5. The van der Waals surface area contributed by atoms with Gasteiger partial charge in [0.1, 0.15) is 5.69 Å². The molecule has 18 heavy (non-hydrogen) atoms. The highest BCUT2D eigenvalue weighted by atomic mass is 79.9. The minimum absolute atomic E-state index is 0.0630. The van der Waals surface area contributed by atoms with Crippen LogP contribution in [0.4, 0.5) is 0 Å². The zero-order chi connectivity index (χ0) is 13.0. The molecule has 5 nitrogen and oxygen atoms in total. The van der Waals surface area contributed by atoms with Gasteiger partial charge >= 0.3 is 0 Å². The SMILES string of the molecule is COCCn1ncc(Br)c1C(=O)C1CCCNC1. The summed E-state index contributed by atoms with van der Waals surface area (Å²) in [7, 11) is 1.64. The molecule has 1 aromatic heterocycles. The molecule has 0 saturated carbocycles. The summed E-state index contributed by atoms with van der Waals surface area (Å²) in [5.74, 6) is 0.232. The van der Waals surface area contributed by atoms with Gasteiger partial charge < -0.3 is 10.1 Å². The number of nitrogens with one attached hydrogen (secondary N) is 1. The fraction of sp³-hybridized carbons (Fsp3) is 0.667. The number of Topliss-reactive ketones (excluding diaryl/α,β-unsaturated/α-hetero) is 1. The maximum Gasteiger partial charge on any atom is 0.186 e. The number of ketones is 1. The van der Waals surface area contributed by atoms with E-state index in [1.54, 1.807) is 18.0 Å². The molecule has 1 unspecified atom stereocenters. The van der Waals surface area contributed by atoms with Gasteiger partial charge in [-0.25, -0.2) is 0 Å². The van der Waals surface area contributed by atoms with Crippen molar-refractivity contribution in [3.8, 4) is 0 Å². The van der Waals surface area contributed by atoms with Crippen molar-refractivity contribution >= 4 is 21.7 Å². The summed E-state index contributed by atoms with van der Waals surface area (Å²) in [6.45, 7) is 2.93. The average Bonchev–Trinajstić information content (AvgIpc) is 2.77. The van der Waals surface area contributed by atoms with E-state index in [2.05, 4.69) is 26.3 Å². The van der Waals surface area contributed by atoms with Crippen molar-refractivity contribution in [2.45, 2.75) is 19.4 Å². The molecule has 2 heterocycles. The number of ether oxygens (including phenoxy) is 1. The molecule has 0 aliphatic carbocycles. The topological polar surface area (TPSA) is 56.2 Å². The molecule has 1 aromatic rings. The number of piperidine rings is 1. The van der Waals surface area contributed by atoms with Crippen LogP contribution in [0.2, 0.25) is 0 Å². The molecule has 1 atom stereocenters. The largest absolute Gasteiger partial charge is 0.383 e. The molecular formula is C12H18BrN3O2. The Morgan fingerprint density at radius 3 is 3.22 bits per heavy atom. The lowest BCUT2D eigenvalue weighted by atomic mass is 9.93. The van der Waals surface area contributed by atoms with Crippen LogP contribution < -0.4 is 5.32 Å². The van der Waals surface area contributed by atoms with Crippen molar-refractivity contribution in [3.05, 3.63) is 16.4 Å². The van der Waals surface area contributed by atoms with Crippen LogP contribution in [0.25, 0.3) is 0 Å². The van der Waals surface area contributed by atoms with Crippen molar-refractivity contribution in [2.75, 3.05) is 26.8 Å². The quantitative estimate of drug-likeness (QED) is 0.836. The number of rotatable bonds is 5. The Morgan fingerprint density at radius 2 is 2.56 bits per heavy atom. The summed E-state index contributed by atoms with van der Waals surface area (Å²) in [6, 6.07) is 0. The monoisotopic (exact) mass is 315 g/mol. The highest BCUT2D eigenvalue weighted by molar-refractivity contribution is 9.10. The van der Waals surface area contributed by atoms with E-state index in [0.29, 0.717) is 18.8 Å². The van der Waals surface area contributed by atoms with Crippen molar-refractivity contribution in [2.24, 2.45) is 5.92 Å². The van der Waals surface area contributed by atoms with E-state index in [1.807, 2.05) is 0 Å². The number of nitrogens with zero attached hydrogens (tertiary/aromatic N) is 2. The molecule has 0 radical (unpaired) electrons. The van der Waals surface area contributed by atoms with Crippen molar-refractivity contribution in [1.29, 1.82) is 0 Å². The lowest BCUT2D eigenvalue weighted by molar-refractivity contribution is 0.0884. The van der Waals surface area contributed by atoms with E-state index in [-0.39, 0.29) is 11.7 Å². The molecule has 1 fully saturated rings. The lowest BCUT2D eigenvalue weighted by Gasteiger charge is -2.22. The standard InChI is InChI=1S/C12H18BrN3O2/c1-18-6-5-16-11(10(13)8-15-16)12(17)9-3-2-4-14-7-9/h8-9,14H,2-7H2,1H3. The van der Waals surface area contributed by atoms with Gasteiger partial charge in [-0.3, -0.25) is 9.48 Å². The van der Waals surface area contributed by atoms with Crippen molar-refractivity contribution in [1.82, 2.24) is 15.1 Å². The molecule has 1 N–H and O–H groups in total. The molecule has 1 aliphatic rings. The minimum atomic E-state index is 0.0630. The number of carbonyl (C=O) groups is 1. The van der Waals surface area contributed by atoms with Crippen LogP contribution in [-0.2, 0) is 11.3 Å². The van der Waals surface area contributed by atoms with Gasteiger partial charge in [-0.05, 0) is 35.3 Å². The summed E-state index contributed by atoms with van der Waals surface area (Å²) in [5, 5.41) is 7.49. The van der Waals surface area contributed by atoms with Gasteiger partial charge in [-0.15, -0.1) is 0 Å². The average molecular weight is 316 g/mol. The first-order valence-corrected chi connectivity index (χ1v) is 6.98. The number of halogens is 1. The maximum absolute atomic E-state index is 12.5. The van der Waals surface area contributed by atoms with Gasteiger partial charge in [-0.1, -0.05) is 0 Å². The Hall–Kier alpha value is -0.720. The highest BCUT2D eigenvalue weighted by Gasteiger charge is 2.26. The Bertz CT molecular complexity index is 413. The third kappa shape index (κ3) is 2.99. The second-order valence-corrected chi connectivity index (χ2v) is 5.32. The van der Waals surface area contributed by atoms with E-state index >= 15 is 0 Å². The number of methoxy groups -OCH3 is 1. The Labute approximate surface area is 115 Å². The third-order valence-electron chi connectivity index (χ3n) is 3.20. The van der Waals surface area contributed by atoms with Crippen LogP contribution in [-0.4, -0.2) is 42.4 Å². The fourth-order valence-electron chi connectivity index (χ4n) is 2.22. The smallest absolute Gasteiger partial charge is 0.186 e. The van der Waals surface area contributed by atoms with Gasteiger partial charge in [0.15, 0.2) is 5.78 Å². The Morgan fingerprint density at radius 1 is 1.72 bits per heavy atom. The summed E-state index contributed by atoms with van der Waals surface area (Å²) >= 11 is 3.41. The normalized spacial score (nSPS) is 20.0. The molecule has 2 rings (SSSR count). The predicted molar refractivity (Wildman–Crippen MR) is 71.7 cm³/mol. The molecule has 100 valence electrons. The molecule has 1 aliphatic heterocycles. The van der Waals surface area contributed by atoms with E-state index in [4.69, 9.17) is 4.74 Å². The Balaban J connectivity index is 2.14. The first-order valence-electron chi connectivity index (χ1n) is 6.19. The van der Waals surface area contributed by atoms with Crippen LogP contribution in [0.1, 0.15) is 23.3 Å². The van der Waals surface area contributed by atoms with Gasteiger partial charge in [0, 0.05) is 19.6 Å². The number of aromatic nitrogens is 2. The van der Waals surface area contributed by atoms with E-state index in [1.165, 1.54) is 0 Å². The van der Waals surface area contributed by atoms with Gasteiger partial charge in [-0.2, -0.15) is 5.10 Å². The molecule has 6 heteroatoms. The molecule has 0 bridgehead atoms. The second kappa shape index (κ2) is 6.45. The van der Waals surface area contributed by atoms with Crippen LogP contribution in [0.5, 0.6) is 0 Å². The molecular weight excluding hydrogens is 298 g/mol. The zero-order valence-corrected chi connectivity index (χ0v) is 12.1. The highest BCUT2D eigenvalue weighted by Crippen LogP contribution is 2.23. The van der Waals surface area contributed by atoms with Gasteiger partial charge in [0.05, 0.1) is 23.8 Å². The first-order chi connectivity index (χ1) is 8.74. The molecule has 0 amide bonds. The van der Waals surface area contributed by atoms with E-state index in [0.717, 1.165) is 30.4 Å². The third-order valence-corrected chi connectivity index (χ3v) is 3.78. The van der Waals surface area contributed by atoms with E-state index < -0.39 is 0 Å². The molecule has 0 aromatic carbocycles. The summed E-state index contributed by atoms with van der Waals surface area (Å²) < 4.78 is 7.53. The van der Waals surface area contributed by atoms with Gasteiger partial charge in [0.25, 0.3) is 0 Å². The summed E-state index contributed by atoms with van der Waals surface area (Å²) in [6.07, 6.45) is 3.69. The van der Waals surface area contributed by atoms with Crippen LogP contribution in [0.15, 0.2) is 10.7 Å². The van der Waals surface area contributed by atoms with Crippen LogP contribution >= 0.6 is 15.9 Å². The van der Waals surface area contributed by atoms with Crippen LogP contribution in [0, 0.1) is 5.92 Å². The van der Waals surface area contributed by atoms with Crippen molar-refractivity contribution < 1.29 is 9.53 Å². The van der Waals surface area contributed by atoms with Crippen molar-refractivity contribution in [3.63, 3.8) is 0 Å². The molecule has 0 spiro atoms. The first kappa shape index (κ1) is 13.7. The zero-order valence-electron chi connectivity index (χ0n) is 10.5. The van der Waals surface area contributed by atoms with Gasteiger partial charge in [0.2, 0.25) is 0 Å².